The van der Waals surface area contributed by atoms with E-state index in [0.29, 0.717) is 0 Å². The van der Waals surface area contributed by atoms with E-state index in [0.717, 1.165) is 22.3 Å². The Bertz CT molecular complexity index is 878. The molecule has 1 aliphatic heterocycles. The normalized spacial score (nSPS) is 33.7. The van der Waals surface area contributed by atoms with E-state index in [-0.39, 0.29) is 18.4 Å². The molecule has 26 heavy (non-hydrogen) atoms. The summed E-state index contributed by atoms with van der Waals surface area (Å²) >= 11 is 7.92. The topological polar surface area (TPSA) is 37.4 Å². The third kappa shape index (κ3) is 1.61. The van der Waals surface area contributed by atoms with Crippen molar-refractivity contribution in [2.75, 3.05) is 6.54 Å². The van der Waals surface area contributed by atoms with Gasteiger partial charge in [0.1, 0.15) is 0 Å². The van der Waals surface area contributed by atoms with Gasteiger partial charge in [0.15, 0.2) is 0 Å². The number of benzene rings is 2. The van der Waals surface area contributed by atoms with Crippen LogP contribution < -0.4 is 0 Å². The van der Waals surface area contributed by atoms with E-state index in [4.69, 9.17) is 0 Å². The molecule has 0 radical (unpaired) electrons. The third-order valence-electron chi connectivity index (χ3n) is 5.99. The summed E-state index contributed by atoms with van der Waals surface area (Å²) in [5.41, 5.74) is 4.22. The number of hydrogen-bond donors (Lipinski definition) is 0. The Morgan fingerprint density at radius 3 is 1.50 bits per heavy atom. The highest BCUT2D eigenvalue weighted by Gasteiger charge is 2.72. The van der Waals surface area contributed by atoms with Gasteiger partial charge in [0.2, 0.25) is 11.8 Å². The van der Waals surface area contributed by atoms with E-state index in [1.54, 1.807) is 6.08 Å². The van der Waals surface area contributed by atoms with Crippen LogP contribution in [0.4, 0.5) is 0 Å². The highest BCUT2D eigenvalue weighted by Crippen LogP contribution is 2.70. The Labute approximate surface area is 168 Å². The molecule has 2 aromatic carbocycles. The van der Waals surface area contributed by atoms with E-state index < -0.39 is 20.5 Å². The van der Waals surface area contributed by atoms with Gasteiger partial charge in [0, 0.05) is 6.54 Å². The summed E-state index contributed by atoms with van der Waals surface area (Å²) in [6, 6.07) is 16.2. The van der Waals surface area contributed by atoms with Crippen LogP contribution in [0.3, 0.4) is 0 Å². The summed E-state index contributed by atoms with van der Waals surface area (Å²) in [4.78, 5) is 28.0. The van der Waals surface area contributed by atoms with Crippen LogP contribution in [0.25, 0.3) is 0 Å². The minimum absolute atomic E-state index is 0.135. The van der Waals surface area contributed by atoms with Crippen LogP contribution >= 0.6 is 31.9 Å². The molecule has 0 N–H and O–H groups in total. The zero-order valence-corrected chi connectivity index (χ0v) is 17.0. The molecule has 5 heteroatoms. The maximum Gasteiger partial charge on any atom is 0.235 e. The van der Waals surface area contributed by atoms with Crippen LogP contribution in [0.1, 0.15) is 22.3 Å². The highest BCUT2D eigenvalue weighted by atomic mass is 79.9. The molecule has 2 aromatic rings. The van der Waals surface area contributed by atoms with Gasteiger partial charge in [0.05, 0.1) is 20.5 Å². The maximum absolute atomic E-state index is 13.3. The summed E-state index contributed by atoms with van der Waals surface area (Å²) in [5, 5.41) is 0. The minimum Gasteiger partial charge on any atom is -0.278 e. The van der Waals surface area contributed by atoms with Crippen LogP contribution in [0.5, 0.6) is 0 Å². The maximum atomic E-state index is 13.3. The molecular formula is C21H15Br2NO2. The first kappa shape index (κ1) is 16.5. The molecule has 0 saturated carbocycles. The van der Waals surface area contributed by atoms with Crippen molar-refractivity contribution in [3.05, 3.63) is 83.4 Å². The Balaban J connectivity index is 1.90. The summed E-state index contributed by atoms with van der Waals surface area (Å²) < 4.78 is -1.41. The highest BCUT2D eigenvalue weighted by molar-refractivity contribution is 9.10. The largest absolute Gasteiger partial charge is 0.278 e. The van der Waals surface area contributed by atoms with Crippen molar-refractivity contribution in [2.24, 2.45) is 11.8 Å². The lowest BCUT2D eigenvalue weighted by atomic mass is 9.54. The molecule has 0 unspecified atom stereocenters. The van der Waals surface area contributed by atoms with Crippen molar-refractivity contribution in [3.8, 4) is 0 Å². The smallest absolute Gasteiger partial charge is 0.235 e. The molecule has 0 aromatic heterocycles. The quantitative estimate of drug-likeness (QED) is 0.375. The second kappa shape index (κ2) is 5.17. The first-order chi connectivity index (χ1) is 12.5. The molecule has 4 aliphatic rings. The first-order valence-electron chi connectivity index (χ1n) is 8.51. The van der Waals surface area contributed by atoms with Gasteiger partial charge in [-0.1, -0.05) is 86.5 Å². The lowest BCUT2D eigenvalue weighted by Gasteiger charge is -2.55. The Hall–Kier alpha value is -1.72. The van der Waals surface area contributed by atoms with Gasteiger partial charge >= 0.3 is 0 Å². The molecule has 2 bridgehead atoms. The number of nitrogens with zero attached hydrogens (tertiary/aromatic N) is 1. The predicted octanol–water partition coefficient (Wildman–Crippen LogP) is 4.08. The molecule has 1 heterocycles. The first-order valence-corrected chi connectivity index (χ1v) is 10.1. The Morgan fingerprint density at radius 2 is 1.19 bits per heavy atom. The molecule has 3 aliphatic carbocycles. The fraction of sp³-hybridized carbons (Fsp3) is 0.238. The lowest BCUT2D eigenvalue weighted by molar-refractivity contribution is -0.139. The summed E-state index contributed by atoms with van der Waals surface area (Å²) in [6.07, 6.45) is 1.61. The average molecular weight is 473 g/mol. The number of carbonyl (C=O) groups is 2. The van der Waals surface area contributed by atoms with Crippen LogP contribution in [0.15, 0.2) is 61.2 Å². The van der Waals surface area contributed by atoms with Gasteiger partial charge < -0.3 is 0 Å². The molecule has 6 rings (SSSR count). The number of halogens is 2. The van der Waals surface area contributed by atoms with Crippen LogP contribution in [-0.4, -0.2) is 23.3 Å². The molecule has 130 valence electrons. The van der Waals surface area contributed by atoms with E-state index in [1.165, 1.54) is 4.90 Å². The summed E-state index contributed by atoms with van der Waals surface area (Å²) in [6.45, 7) is 3.95. The fourth-order valence-corrected chi connectivity index (χ4v) is 7.34. The second-order valence-electron chi connectivity index (χ2n) is 7.05. The van der Waals surface area contributed by atoms with Crippen molar-refractivity contribution in [1.82, 2.24) is 4.90 Å². The SMILES string of the molecule is C=CCN1C(=O)[C@H]2[C@H](C1=O)C1(Br)c3ccccc3C2(Br)c2ccccc21. The van der Waals surface area contributed by atoms with Gasteiger partial charge in [-0.25, -0.2) is 0 Å². The number of carbonyl (C=O) groups excluding carboxylic acids is 2. The van der Waals surface area contributed by atoms with Crippen molar-refractivity contribution in [1.29, 1.82) is 0 Å². The molecule has 2 amide bonds. The Morgan fingerprint density at radius 1 is 0.846 bits per heavy atom. The van der Waals surface area contributed by atoms with Gasteiger partial charge in [-0.05, 0) is 22.3 Å². The van der Waals surface area contributed by atoms with Crippen LogP contribution in [-0.2, 0) is 18.2 Å². The monoisotopic (exact) mass is 471 g/mol. The number of likely N-dealkylation sites (tertiary alicyclic amines) is 1. The standard InChI is InChI=1S/C21H15Br2NO2/c1-2-11-24-18(25)16-17(19(24)26)21(23)13-8-4-3-7-12(13)20(16,22)14-9-5-6-10-15(14)21/h2-10,16-17H,1,11H2/t16-,17-,20?,21?/m1/s1. The fourth-order valence-electron chi connectivity index (χ4n) is 5.03. The zero-order chi connectivity index (χ0) is 18.3. The van der Waals surface area contributed by atoms with E-state index >= 15 is 0 Å². The average Bonchev–Trinajstić information content (AvgIpc) is 2.92. The molecule has 1 fully saturated rings. The van der Waals surface area contributed by atoms with Crippen molar-refractivity contribution in [3.63, 3.8) is 0 Å². The Kier molecular flexibility index (Phi) is 3.27. The van der Waals surface area contributed by atoms with Gasteiger partial charge in [0.25, 0.3) is 0 Å². The van der Waals surface area contributed by atoms with Crippen molar-refractivity contribution < 1.29 is 9.59 Å². The second-order valence-corrected chi connectivity index (χ2v) is 9.55. The summed E-state index contributed by atoms with van der Waals surface area (Å²) in [7, 11) is 0. The van der Waals surface area contributed by atoms with E-state index in [2.05, 4.69) is 62.7 Å². The van der Waals surface area contributed by atoms with Crippen molar-refractivity contribution in [2.45, 2.75) is 8.65 Å². The number of imide groups is 1. The molecule has 3 nitrogen and oxygen atoms in total. The third-order valence-corrected chi connectivity index (χ3v) is 8.68. The molecule has 1 saturated heterocycles. The lowest BCUT2D eigenvalue weighted by Crippen LogP contribution is -2.56. The van der Waals surface area contributed by atoms with Crippen LogP contribution in [0, 0.1) is 11.8 Å². The number of amides is 2. The zero-order valence-electron chi connectivity index (χ0n) is 13.8. The number of alkyl halides is 2. The van der Waals surface area contributed by atoms with E-state index in [1.807, 2.05) is 24.3 Å². The van der Waals surface area contributed by atoms with Crippen LogP contribution in [0.2, 0.25) is 0 Å². The minimum atomic E-state index is -0.705. The van der Waals surface area contributed by atoms with Crippen molar-refractivity contribution >= 4 is 43.7 Å². The number of rotatable bonds is 2. The molecular weight excluding hydrogens is 458 g/mol. The summed E-state index contributed by atoms with van der Waals surface area (Å²) in [5.74, 6) is -1.24. The van der Waals surface area contributed by atoms with Gasteiger partial charge in [-0.3, -0.25) is 14.5 Å². The van der Waals surface area contributed by atoms with Gasteiger partial charge in [-0.15, -0.1) is 6.58 Å². The molecule has 0 spiro atoms. The van der Waals surface area contributed by atoms with E-state index in [9.17, 15) is 9.59 Å². The van der Waals surface area contributed by atoms with Gasteiger partial charge in [-0.2, -0.15) is 0 Å². The number of hydrogen-bond acceptors (Lipinski definition) is 2. The predicted molar refractivity (Wildman–Crippen MR) is 106 cm³/mol. The molecule has 2 atom stereocenters.